The average molecular weight is 346 g/mol. The van der Waals surface area contributed by atoms with Gasteiger partial charge in [0.1, 0.15) is 0 Å². The molecule has 2 rings (SSSR count). The molecule has 0 aromatic rings. The molecule has 7 heteroatoms. The number of hydrogen-bond acceptors (Lipinski definition) is 7. The number of fused-ring (bicyclic) bond motifs is 1. The van der Waals surface area contributed by atoms with Crippen LogP contribution in [0.4, 0.5) is 0 Å². The van der Waals surface area contributed by atoms with Crippen LogP contribution in [0.15, 0.2) is 0 Å². The highest BCUT2D eigenvalue weighted by Gasteiger charge is 2.59. The SMILES string of the molecule is COC(=O)C1(O)CC2OC(C)(C)C(C)(C)OC2C(C(O)C(C)O)C1. The number of esters is 1. The lowest BCUT2D eigenvalue weighted by Crippen LogP contribution is -2.68. The Balaban J connectivity index is 2.39. The lowest BCUT2D eigenvalue weighted by molar-refractivity contribution is -0.331. The third-order valence-corrected chi connectivity index (χ3v) is 5.73. The minimum atomic E-state index is -1.78. The third kappa shape index (κ3) is 3.20. The minimum Gasteiger partial charge on any atom is -0.467 e. The van der Waals surface area contributed by atoms with Crippen LogP contribution in [-0.4, -0.2) is 69.6 Å². The van der Waals surface area contributed by atoms with Crippen molar-refractivity contribution in [3.8, 4) is 0 Å². The van der Waals surface area contributed by atoms with Gasteiger partial charge in [-0.15, -0.1) is 0 Å². The minimum absolute atomic E-state index is 0.0207. The zero-order valence-corrected chi connectivity index (χ0v) is 15.3. The molecule has 0 amide bonds. The first-order chi connectivity index (χ1) is 10.8. The fourth-order valence-electron chi connectivity index (χ4n) is 3.62. The molecular formula is C17H30O7. The summed E-state index contributed by atoms with van der Waals surface area (Å²) in [6.07, 6.45) is -3.36. The molecule has 0 spiro atoms. The van der Waals surface area contributed by atoms with Gasteiger partial charge in [-0.1, -0.05) is 0 Å². The Morgan fingerprint density at radius 2 is 1.67 bits per heavy atom. The molecule has 0 aromatic carbocycles. The molecule has 1 aliphatic carbocycles. The summed E-state index contributed by atoms with van der Waals surface area (Å²) in [6, 6.07) is 0. The van der Waals surface area contributed by atoms with Crippen LogP contribution in [0.1, 0.15) is 47.5 Å². The van der Waals surface area contributed by atoms with E-state index in [2.05, 4.69) is 0 Å². The van der Waals surface area contributed by atoms with Gasteiger partial charge < -0.3 is 29.5 Å². The van der Waals surface area contributed by atoms with E-state index in [1.54, 1.807) is 0 Å². The van der Waals surface area contributed by atoms with Gasteiger partial charge >= 0.3 is 5.97 Å². The lowest BCUT2D eigenvalue weighted by atomic mass is 9.69. The van der Waals surface area contributed by atoms with E-state index in [4.69, 9.17) is 14.2 Å². The maximum absolute atomic E-state index is 12.1. The number of carbonyl (C=O) groups excluding carboxylic acids is 1. The quantitative estimate of drug-likeness (QED) is 0.635. The molecule has 0 bridgehead atoms. The van der Waals surface area contributed by atoms with Crippen molar-refractivity contribution in [2.24, 2.45) is 5.92 Å². The van der Waals surface area contributed by atoms with Crippen molar-refractivity contribution in [3.05, 3.63) is 0 Å². The molecule has 0 aromatic heterocycles. The molecule has 2 aliphatic rings. The number of ether oxygens (including phenoxy) is 3. The predicted molar refractivity (Wildman–Crippen MR) is 85.3 cm³/mol. The van der Waals surface area contributed by atoms with Crippen molar-refractivity contribution in [1.29, 1.82) is 0 Å². The normalized spacial score (nSPS) is 40.3. The standard InChI is InChI=1S/C17H30O7/c1-9(18)12(19)10-7-17(21,14(20)22-6)8-11-13(10)24-16(4,5)15(2,3)23-11/h9-13,18-19,21H,7-8H2,1-6H3. The van der Waals surface area contributed by atoms with Crippen LogP contribution in [0.25, 0.3) is 0 Å². The van der Waals surface area contributed by atoms with E-state index >= 15 is 0 Å². The Kier molecular flexibility index (Phi) is 5.07. The third-order valence-electron chi connectivity index (χ3n) is 5.73. The molecule has 0 radical (unpaired) electrons. The second-order valence-corrected chi connectivity index (χ2v) is 8.09. The van der Waals surface area contributed by atoms with Crippen molar-refractivity contribution >= 4 is 5.97 Å². The van der Waals surface area contributed by atoms with Crippen molar-refractivity contribution in [3.63, 3.8) is 0 Å². The molecule has 1 heterocycles. The summed E-state index contributed by atoms with van der Waals surface area (Å²) in [5.74, 6) is -1.43. The first-order valence-corrected chi connectivity index (χ1v) is 8.37. The van der Waals surface area contributed by atoms with Crippen LogP contribution in [0.2, 0.25) is 0 Å². The van der Waals surface area contributed by atoms with E-state index in [1.807, 2.05) is 27.7 Å². The Morgan fingerprint density at radius 3 is 2.17 bits per heavy atom. The van der Waals surface area contributed by atoms with Gasteiger partial charge in [0.2, 0.25) is 0 Å². The Labute approximate surface area is 142 Å². The van der Waals surface area contributed by atoms with Crippen molar-refractivity contribution in [2.75, 3.05) is 7.11 Å². The average Bonchev–Trinajstić information content (AvgIpc) is 2.46. The second kappa shape index (κ2) is 6.21. The summed E-state index contributed by atoms with van der Waals surface area (Å²) in [7, 11) is 1.21. The van der Waals surface area contributed by atoms with Gasteiger partial charge in [0.15, 0.2) is 5.60 Å². The molecule has 24 heavy (non-hydrogen) atoms. The number of hydrogen-bond donors (Lipinski definition) is 3. The summed E-state index contributed by atoms with van der Waals surface area (Å²) in [5.41, 5.74) is -3.06. The topological polar surface area (TPSA) is 105 Å². The van der Waals surface area contributed by atoms with E-state index in [0.717, 1.165) is 0 Å². The van der Waals surface area contributed by atoms with Crippen LogP contribution in [0, 0.1) is 5.92 Å². The number of aliphatic hydroxyl groups is 3. The molecule has 7 nitrogen and oxygen atoms in total. The molecule has 2 fully saturated rings. The van der Waals surface area contributed by atoms with E-state index in [-0.39, 0.29) is 12.8 Å². The summed E-state index contributed by atoms with van der Waals surface area (Å²) in [5, 5.41) is 31.0. The number of rotatable bonds is 3. The van der Waals surface area contributed by atoms with Crippen molar-refractivity contribution in [1.82, 2.24) is 0 Å². The fourth-order valence-corrected chi connectivity index (χ4v) is 3.62. The number of aliphatic hydroxyl groups excluding tert-OH is 2. The molecule has 140 valence electrons. The van der Waals surface area contributed by atoms with E-state index in [9.17, 15) is 20.1 Å². The predicted octanol–water partition coefficient (Wildman–Crippen LogP) is 0.383. The second-order valence-electron chi connectivity index (χ2n) is 8.09. The molecular weight excluding hydrogens is 316 g/mol. The van der Waals surface area contributed by atoms with Gasteiger partial charge in [-0.05, 0) is 41.0 Å². The number of carbonyl (C=O) groups is 1. The van der Waals surface area contributed by atoms with Crippen LogP contribution < -0.4 is 0 Å². The van der Waals surface area contributed by atoms with Crippen LogP contribution in [0.3, 0.4) is 0 Å². The van der Waals surface area contributed by atoms with E-state index in [1.165, 1.54) is 14.0 Å². The maximum atomic E-state index is 12.1. The van der Waals surface area contributed by atoms with Gasteiger partial charge in [-0.25, -0.2) is 4.79 Å². The van der Waals surface area contributed by atoms with Crippen molar-refractivity contribution < 1.29 is 34.3 Å². The Bertz CT molecular complexity index is 487. The van der Waals surface area contributed by atoms with Crippen LogP contribution in [0.5, 0.6) is 0 Å². The van der Waals surface area contributed by atoms with E-state index in [0.29, 0.717) is 0 Å². The van der Waals surface area contributed by atoms with Gasteiger partial charge in [-0.2, -0.15) is 0 Å². The highest BCUT2D eigenvalue weighted by atomic mass is 16.6. The first-order valence-electron chi connectivity index (χ1n) is 8.37. The Morgan fingerprint density at radius 1 is 1.12 bits per heavy atom. The summed E-state index contributed by atoms with van der Waals surface area (Å²) >= 11 is 0. The van der Waals surface area contributed by atoms with Gasteiger partial charge in [-0.3, -0.25) is 0 Å². The monoisotopic (exact) mass is 346 g/mol. The smallest absolute Gasteiger partial charge is 0.337 e. The largest absolute Gasteiger partial charge is 0.467 e. The fraction of sp³-hybridized carbons (Fsp3) is 0.941. The summed E-state index contributed by atoms with van der Waals surface area (Å²) in [6.45, 7) is 9.03. The number of methoxy groups -OCH3 is 1. The van der Waals surface area contributed by atoms with Gasteiger partial charge in [0.25, 0.3) is 0 Å². The summed E-state index contributed by atoms with van der Waals surface area (Å²) in [4.78, 5) is 12.1. The van der Waals surface area contributed by atoms with E-state index < -0.39 is 53.1 Å². The highest BCUT2D eigenvalue weighted by molar-refractivity contribution is 5.79. The zero-order chi connectivity index (χ0) is 18.5. The Hall–Kier alpha value is -0.730. The van der Waals surface area contributed by atoms with Crippen LogP contribution in [-0.2, 0) is 19.0 Å². The van der Waals surface area contributed by atoms with Crippen molar-refractivity contribution in [2.45, 2.75) is 88.7 Å². The molecule has 1 saturated carbocycles. The maximum Gasteiger partial charge on any atom is 0.337 e. The molecule has 6 atom stereocenters. The first kappa shape index (κ1) is 19.6. The molecule has 3 N–H and O–H groups in total. The summed E-state index contributed by atoms with van der Waals surface area (Å²) < 4.78 is 17.1. The van der Waals surface area contributed by atoms with Crippen LogP contribution >= 0.6 is 0 Å². The molecule has 1 saturated heterocycles. The molecule has 6 unspecified atom stereocenters. The highest BCUT2D eigenvalue weighted by Crippen LogP contribution is 2.47. The zero-order valence-electron chi connectivity index (χ0n) is 15.3. The van der Waals surface area contributed by atoms with Gasteiger partial charge in [0, 0.05) is 12.3 Å². The van der Waals surface area contributed by atoms with Gasteiger partial charge in [0.05, 0.1) is 42.7 Å². The molecule has 1 aliphatic heterocycles. The lowest BCUT2D eigenvalue weighted by Gasteiger charge is -2.57.